The van der Waals surface area contributed by atoms with Gasteiger partial charge in [0.2, 0.25) is 5.95 Å². The number of morpholine rings is 2. The predicted octanol–water partition coefficient (Wildman–Crippen LogP) is -0.233. The Morgan fingerprint density at radius 1 is 1.07 bits per heavy atom. The fraction of sp³-hybridized carbons (Fsp3) is 0.611. The maximum Gasteiger partial charge on any atom is 0.219 e. The summed E-state index contributed by atoms with van der Waals surface area (Å²) in [6.07, 6.45) is 3.20. The summed E-state index contributed by atoms with van der Waals surface area (Å²) in [4.78, 5) is 27.6. The summed E-state index contributed by atoms with van der Waals surface area (Å²) in [5.74, 6) is 2.71. The van der Waals surface area contributed by atoms with Crippen LogP contribution in [0.15, 0.2) is 27.4 Å². The number of nitrogens with zero attached hydrogens (tertiary/aromatic N) is 7. The highest BCUT2D eigenvalue weighted by atomic mass is 16.5. The van der Waals surface area contributed by atoms with E-state index >= 15 is 0 Å². The number of fused-ring (bicyclic) bond motifs is 3. The molecule has 148 valence electrons. The fourth-order valence-electron chi connectivity index (χ4n) is 4.07. The molecule has 4 aliphatic rings. The monoisotopic (exact) mass is 384 g/mol. The summed E-state index contributed by atoms with van der Waals surface area (Å²) in [5, 5.41) is 0. The number of amidine groups is 3. The van der Waals surface area contributed by atoms with E-state index in [0.29, 0.717) is 25.7 Å². The molecule has 28 heavy (non-hydrogen) atoms. The van der Waals surface area contributed by atoms with E-state index in [0.717, 1.165) is 36.9 Å². The summed E-state index contributed by atoms with van der Waals surface area (Å²) >= 11 is 0. The van der Waals surface area contributed by atoms with Crippen LogP contribution in [-0.4, -0.2) is 94.5 Å². The lowest BCUT2D eigenvalue weighted by Gasteiger charge is -2.40. The lowest BCUT2D eigenvalue weighted by Crippen LogP contribution is -2.56. The SMILES string of the molecule is CC1(C)OCCN2C1=NC1C(N3CCOCC3)=NC(c3cnc(N)nc3)=NC12. The number of aromatic nitrogens is 2. The molecule has 10 nitrogen and oxygen atoms in total. The number of nitrogen functional groups attached to an aromatic ring is 1. The first-order valence-electron chi connectivity index (χ1n) is 9.59. The molecule has 0 spiro atoms. The molecule has 0 bridgehead atoms. The predicted molar refractivity (Wildman–Crippen MR) is 105 cm³/mol. The number of hydrogen-bond donors (Lipinski definition) is 1. The highest BCUT2D eigenvalue weighted by Gasteiger charge is 2.49. The Hall–Kier alpha value is -2.59. The number of ether oxygens (including phenoxy) is 2. The molecule has 2 unspecified atom stereocenters. The van der Waals surface area contributed by atoms with Gasteiger partial charge in [0, 0.05) is 32.0 Å². The van der Waals surface area contributed by atoms with Crippen molar-refractivity contribution in [3.63, 3.8) is 0 Å². The molecule has 0 radical (unpaired) electrons. The summed E-state index contributed by atoms with van der Waals surface area (Å²) < 4.78 is 11.5. The second-order valence-electron chi connectivity index (χ2n) is 7.72. The first-order valence-corrected chi connectivity index (χ1v) is 9.59. The minimum absolute atomic E-state index is 0.138. The molecule has 0 amide bonds. The van der Waals surface area contributed by atoms with Crippen LogP contribution in [0, 0.1) is 0 Å². The van der Waals surface area contributed by atoms with Gasteiger partial charge in [-0.2, -0.15) is 0 Å². The molecule has 2 fully saturated rings. The minimum atomic E-state index is -0.439. The third kappa shape index (κ3) is 2.83. The van der Waals surface area contributed by atoms with Gasteiger partial charge < -0.3 is 25.0 Å². The van der Waals surface area contributed by atoms with Crippen molar-refractivity contribution in [2.45, 2.75) is 31.7 Å². The maximum atomic E-state index is 5.96. The largest absolute Gasteiger partial charge is 0.378 e. The third-order valence-electron chi connectivity index (χ3n) is 5.47. The molecular weight excluding hydrogens is 360 g/mol. The summed E-state index contributed by atoms with van der Waals surface area (Å²) in [6, 6.07) is -0.146. The van der Waals surface area contributed by atoms with Crippen LogP contribution in [0.2, 0.25) is 0 Å². The molecular formula is C18H24N8O2. The van der Waals surface area contributed by atoms with Gasteiger partial charge in [0.1, 0.15) is 17.3 Å². The Balaban J connectivity index is 1.57. The van der Waals surface area contributed by atoms with Crippen LogP contribution in [0.1, 0.15) is 19.4 Å². The van der Waals surface area contributed by atoms with E-state index in [-0.39, 0.29) is 18.2 Å². The lowest BCUT2D eigenvalue weighted by molar-refractivity contribution is -0.00838. The lowest BCUT2D eigenvalue weighted by atomic mass is 10.1. The van der Waals surface area contributed by atoms with Crippen LogP contribution in [0.25, 0.3) is 0 Å². The fourth-order valence-corrected chi connectivity index (χ4v) is 4.07. The Bertz CT molecular complexity index is 857. The van der Waals surface area contributed by atoms with Crippen LogP contribution in [0.3, 0.4) is 0 Å². The molecule has 0 aliphatic carbocycles. The maximum absolute atomic E-state index is 5.96. The second-order valence-corrected chi connectivity index (χ2v) is 7.72. The molecule has 1 aromatic heterocycles. The Morgan fingerprint density at radius 2 is 1.82 bits per heavy atom. The minimum Gasteiger partial charge on any atom is -0.378 e. The molecule has 0 saturated carbocycles. The zero-order valence-corrected chi connectivity index (χ0v) is 16.1. The first-order chi connectivity index (χ1) is 13.5. The van der Waals surface area contributed by atoms with Crippen molar-refractivity contribution in [2.24, 2.45) is 15.0 Å². The highest BCUT2D eigenvalue weighted by molar-refractivity contribution is 6.11. The zero-order chi connectivity index (χ0) is 19.3. The van der Waals surface area contributed by atoms with Gasteiger partial charge in [0.15, 0.2) is 18.0 Å². The number of nitrogens with two attached hydrogens (primary N) is 1. The van der Waals surface area contributed by atoms with Gasteiger partial charge in [0.05, 0.1) is 25.4 Å². The van der Waals surface area contributed by atoms with Crippen LogP contribution < -0.4 is 5.73 Å². The van der Waals surface area contributed by atoms with Crippen molar-refractivity contribution in [1.82, 2.24) is 19.8 Å². The molecule has 4 aliphatic heterocycles. The number of aliphatic imine (C=N–C) groups is 3. The van der Waals surface area contributed by atoms with Crippen LogP contribution in [-0.2, 0) is 9.47 Å². The quantitative estimate of drug-likeness (QED) is 0.711. The van der Waals surface area contributed by atoms with Gasteiger partial charge in [-0.25, -0.2) is 20.0 Å². The van der Waals surface area contributed by atoms with E-state index in [1.807, 2.05) is 0 Å². The van der Waals surface area contributed by atoms with Gasteiger partial charge >= 0.3 is 0 Å². The smallest absolute Gasteiger partial charge is 0.219 e. The molecule has 2 atom stereocenters. The molecule has 0 aromatic carbocycles. The highest BCUT2D eigenvalue weighted by Crippen LogP contribution is 2.33. The molecule has 5 rings (SSSR count). The van der Waals surface area contributed by atoms with Crippen molar-refractivity contribution < 1.29 is 9.47 Å². The molecule has 2 saturated heterocycles. The standard InChI is InChI=1S/C18H24N8O2/c1-18(2)16-22-12-14(25-3-6-27-7-4-25)23-13(11-9-20-17(19)21-10-11)24-15(12)26(16)5-8-28-18/h9-10,12,15H,3-8H2,1-2H3,(H2,19,20,21). The first kappa shape index (κ1) is 17.5. The van der Waals surface area contributed by atoms with Crippen LogP contribution in [0.5, 0.6) is 0 Å². The van der Waals surface area contributed by atoms with Crippen molar-refractivity contribution in [1.29, 1.82) is 0 Å². The molecule has 5 heterocycles. The normalized spacial score (nSPS) is 28.9. The average Bonchev–Trinajstić information content (AvgIpc) is 3.09. The van der Waals surface area contributed by atoms with E-state index in [1.54, 1.807) is 12.4 Å². The number of rotatable bonds is 1. The van der Waals surface area contributed by atoms with Gasteiger partial charge in [0.25, 0.3) is 0 Å². The van der Waals surface area contributed by atoms with Crippen molar-refractivity contribution in [3.8, 4) is 0 Å². The van der Waals surface area contributed by atoms with E-state index < -0.39 is 5.60 Å². The van der Waals surface area contributed by atoms with Crippen molar-refractivity contribution >= 4 is 23.5 Å². The third-order valence-corrected chi connectivity index (χ3v) is 5.47. The second kappa shape index (κ2) is 6.49. The Morgan fingerprint density at radius 3 is 2.57 bits per heavy atom. The average molecular weight is 384 g/mol. The van der Waals surface area contributed by atoms with Crippen molar-refractivity contribution in [3.05, 3.63) is 18.0 Å². The Kier molecular flexibility index (Phi) is 4.06. The molecule has 2 N–H and O–H groups in total. The van der Waals surface area contributed by atoms with E-state index in [4.69, 9.17) is 30.2 Å². The van der Waals surface area contributed by atoms with Crippen LogP contribution >= 0.6 is 0 Å². The Labute approximate surface area is 163 Å². The van der Waals surface area contributed by atoms with Crippen molar-refractivity contribution in [2.75, 3.05) is 45.2 Å². The van der Waals surface area contributed by atoms with Gasteiger partial charge in [-0.1, -0.05) is 0 Å². The number of anilines is 1. The summed E-state index contributed by atoms with van der Waals surface area (Å²) in [5.41, 5.74) is 5.95. The van der Waals surface area contributed by atoms with Gasteiger partial charge in [-0.3, -0.25) is 4.99 Å². The molecule has 10 heteroatoms. The van der Waals surface area contributed by atoms with E-state index in [1.165, 1.54) is 0 Å². The summed E-state index contributed by atoms with van der Waals surface area (Å²) in [6.45, 7) is 8.46. The zero-order valence-electron chi connectivity index (χ0n) is 16.1. The number of hydrogen-bond acceptors (Lipinski definition) is 10. The topological polar surface area (TPSA) is 114 Å². The summed E-state index contributed by atoms with van der Waals surface area (Å²) in [7, 11) is 0. The molecule has 1 aromatic rings. The van der Waals surface area contributed by atoms with E-state index in [2.05, 4.69) is 33.6 Å². The van der Waals surface area contributed by atoms with E-state index in [9.17, 15) is 0 Å². The van der Waals surface area contributed by atoms with Crippen LogP contribution in [0.4, 0.5) is 5.95 Å². The van der Waals surface area contributed by atoms with Gasteiger partial charge in [-0.05, 0) is 13.8 Å². The van der Waals surface area contributed by atoms with Gasteiger partial charge in [-0.15, -0.1) is 0 Å².